The third-order valence-electron chi connectivity index (χ3n) is 8.64. The van der Waals surface area contributed by atoms with Gasteiger partial charge in [0, 0.05) is 59.8 Å². The molecule has 0 radical (unpaired) electrons. The first-order chi connectivity index (χ1) is 18.5. The quantitative estimate of drug-likeness (QED) is 0.348. The average molecular weight is 526 g/mol. The number of likely N-dealkylation sites (tertiary alicyclic amines) is 1. The summed E-state index contributed by atoms with van der Waals surface area (Å²) < 4.78 is 5.74. The summed E-state index contributed by atoms with van der Waals surface area (Å²) in [7, 11) is 2.16. The Morgan fingerprint density at radius 1 is 0.974 bits per heavy atom. The number of hydrogen-bond acceptors (Lipinski definition) is 3. The molecule has 0 spiro atoms. The second kappa shape index (κ2) is 10.9. The number of morpholine rings is 1. The van der Waals surface area contributed by atoms with Crippen molar-refractivity contribution in [3.8, 4) is 0 Å². The molecule has 3 aromatic carbocycles. The smallest absolute Gasteiger partial charge is 0.139 e. The molecule has 38 heavy (non-hydrogen) atoms. The second-order valence-corrected chi connectivity index (χ2v) is 11.9. The van der Waals surface area contributed by atoms with E-state index in [1.165, 1.54) is 33.1 Å². The van der Waals surface area contributed by atoms with Crippen LogP contribution in [0.3, 0.4) is 0 Å². The molecule has 2 aliphatic heterocycles. The molecule has 2 fully saturated rings. The molecule has 0 aliphatic carbocycles. The van der Waals surface area contributed by atoms with Crippen LogP contribution in [0.2, 0.25) is 5.02 Å². The molecule has 2 saturated heterocycles. The van der Waals surface area contributed by atoms with Crippen LogP contribution in [0.25, 0.3) is 10.9 Å². The zero-order chi connectivity index (χ0) is 26.1. The van der Waals surface area contributed by atoms with Gasteiger partial charge >= 0.3 is 0 Å². The molecule has 0 saturated carbocycles. The fraction of sp³-hybridized carbons (Fsp3) is 0.375. The van der Waals surface area contributed by atoms with Crippen LogP contribution in [0.15, 0.2) is 72.9 Å². The topological polar surface area (TPSA) is 31.5 Å². The Balaban J connectivity index is 1.45. The lowest BCUT2D eigenvalue weighted by Crippen LogP contribution is -2.47. The minimum absolute atomic E-state index is 0.0755. The van der Waals surface area contributed by atoms with Crippen molar-refractivity contribution >= 4 is 35.8 Å². The zero-order valence-corrected chi connectivity index (χ0v) is 23.3. The predicted molar refractivity (Wildman–Crippen MR) is 160 cm³/mol. The zero-order valence-electron chi connectivity index (χ0n) is 22.6. The van der Waals surface area contributed by atoms with Crippen LogP contribution in [0, 0.1) is 12.3 Å². The molecule has 4 aromatic rings. The number of hydrogen-bond donors (Lipinski definition) is 1. The van der Waals surface area contributed by atoms with Gasteiger partial charge in [-0.3, -0.25) is 9.80 Å². The van der Waals surface area contributed by atoms with E-state index < -0.39 is 0 Å². The van der Waals surface area contributed by atoms with Gasteiger partial charge in [-0.2, -0.15) is 0 Å². The number of benzene rings is 3. The molecule has 6 rings (SSSR count). The van der Waals surface area contributed by atoms with Gasteiger partial charge in [0.05, 0.1) is 13.2 Å². The Morgan fingerprint density at radius 3 is 2.47 bits per heavy atom. The van der Waals surface area contributed by atoms with E-state index in [2.05, 4.69) is 96.4 Å². The Morgan fingerprint density at radius 2 is 1.71 bits per heavy atom. The van der Waals surface area contributed by atoms with Gasteiger partial charge < -0.3 is 9.72 Å². The van der Waals surface area contributed by atoms with E-state index in [0.29, 0.717) is 0 Å². The standard InChI is InChI=1S/C32H37BClN3O/c1-23-2-4-24(5-3-23)19-32(22-36-14-16-38-17-15-36)12-13-37(21-25-6-8-26(33)9-7-25)31(32)29-20-35-30-18-27(34)10-11-28(29)30/h2-11,18,20,31,35H,12-17,19,21-22,33H2,1H3. The summed E-state index contributed by atoms with van der Waals surface area (Å²) in [6.45, 7) is 8.92. The second-order valence-electron chi connectivity index (χ2n) is 11.5. The molecule has 1 aromatic heterocycles. The number of halogens is 1. The molecular weight excluding hydrogens is 489 g/mol. The highest BCUT2D eigenvalue weighted by Gasteiger charge is 2.49. The first-order valence-corrected chi connectivity index (χ1v) is 14.3. The van der Waals surface area contributed by atoms with Crippen molar-refractivity contribution in [3.63, 3.8) is 0 Å². The van der Waals surface area contributed by atoms with Gasteiger partial charge in [0.1, 0.15) is 7.85 Å². The SMILES string of the molecule is Bc1ccc(CN2CCC(Cc3ccc(C)cc3)(CN3CCOCC3)C2c2c[nH]c3cc(Cl)ccc23)cc1. The highest BCUT2D eigenvalue weighted by Crippen LogP contribution is 2.52. The van der Waals surface area contributed by atoms with Crippen LogP contribution in [0.1, 0.15) is 34.7 Å². The molecule has 196 valence electrons. The van der Waals surface area contributed by atoms with Gasteiger partial charge in [0.2, 0.25) is 0 Å². The molecule has 4 nitrogen and oxygen atoms in total. The largest absolute Gasteiger partial charge is 0.379 e. The lowest BCUT2D eigenvalue weighted by atomic mass is 9.72. The van der Waals surface area contributed by atoms with E-state index in [1.54, 1.807) is 0 Å². The Hall–Kier alpha value is -2.57. The van der Waals surface area contributed by atoms with Crippen molar-refractivity contribution in [3.05, 3.63) is 100 Å². The Bertz CT molecular complexity index is 1380. The maximum Gasteiger partial charge on any atom is 0.139 e. The van der Waals surface area contributed by atoms with Gasteiger partial charge in [0.15, 0.2) is 0 Å². The Kier molecular flexibility index (Phi) is 7.37. The molecule has 0 amide bonds. The summed E-state index contributed by atoms with van der Waals surface area (Å²) in [6.07, 6.45) is 4.47. The fourth-order valence-corrected chi connectivity index (χ4v) is 6.89. The number of aromatic nitrogens is 1. The van der Waals surface area contributed by atoms with E-state index >= 15 is 0 Å². The summed E-state index contributed by atoms with van der Waals surface area (Å²) >= 11 is 6.39. The van der Waals surface area contributed by atoms with Gasteiger partial charge in [-0.05, 0) is 55.1 Å². The van der Waals surface area contributed by atoms with Crippen molar-refractivity contribution in [2.24, 2.45) is 5.41 Å². The molecule has 2 unspecified atom stereocenters. The minimum Gasteiger partial charge on any atom is -0.379 e. The van der Waals surface area contributed by atoms with Crippen molar-refractivity contribution in [2.45, 2.75) is 32.4 Å². The van der Waals surface area contributed by atoms with Gasteiger partial charge in [0.25, 0.3) is 0 Å². The average Bonchev–Trinajstić information content (AvgIpc) is 3.47. The molecule has 2 atom stereocenters. The molecule has 0 bridgehead atoms. The lowest BCUT2D eigenvalue weighted by molar-refractivity contribution is 0.00612. The molecule has 1 N–H and O–H groups in total. The number of aromatic amines is 1. The molecule has 2 aliphatic rings. The summed E-state index contributed by atoms with van der Waals surface area (Å²) in [5.41, 5.74) is 8.00. The van der Waals surface area contributed by atoms with E-state index in [9.17, 15) is 0 Å². The van der Waals surface area contributed by atoms with Crippen LogP contribution < -0.4 is 5.46 Å². The third kappa shape index (κ3) is 5.30. The highest BCUT2D eigenvalue weighted by molar-refractivity contribution is 6.32. The summed E-state index contributed by atoms with van der Waals surface area (Å²) in [5, 5.41) is 2.05. The number of nitrogens with zero attached hydrogens (tertiary/aromatic N) is 2. The maximum absolute atomic E-state index is 6.39. The van der Waals surface area contributed by atoms with Crippen LogP contribution >= 0.6 is 11.6 Å². The van der Waals surface area contributed by atoms with Crippen LogP contribution in [0.4, 0.5) is 0 Å². The number of fused-ring (bicyclic) bond motifs is 1. The van der Waals surface area contributed by atoms with E-state index in [4.69, 9.17) is 16.3 Å². The minimum atomic E-state index is 0.0755. The van der Waals surface area contributed by atoms with Gasteiger partial charge in [-0.25, -0.2) is 0 Å². The van der Waals surface area contributed by atoms with E-state index in [-0.39, 0.29) is 11.5 Å². The fourth-order valence-electron chi connectivity index (χ4n) is 6.71. The summed E-state index contributed by atoms with van der Waals surface area (Å²) in [6, 6.07) is 24.8. The van der Waals surface area contributed by atoms with Crippen LogP contribution in [-0.4, -0.2) is 62.0 Å². The van der Waals surface area contributed by atoms with Crippen molar-refractivity contribution in [1.29, 1.82) is 0 Å². The van der Waals surface area contributed by atoms with Crippen LogP contribution in [-0.2, 0) is 17.7 Å². The normalized spacial score (nSPS) is 22.8. The first-order valence-electron chi connectivity index (χ1n) is 13.9. The van der Waals surface area contributed by atoms with Gasteiger partial charge in [-0.1, -0.05) is 77.2 Å². The predicted octanol–water partition coefficient (Wildman–Crippen LogP) is 4.90. The monoisotopic (exact) mass is 525 g/mol. The number of nitrogens with one attached hydrogen (secondary N) is 1. The third-order valence-corrected chi connectivity index (χ3v) is 8.87. The van der Waals surface area contributed by atoms with Crippen molar-refractivity contribution in [2.75, 3.05) is 39.4 Å². The molecule has 6 heteroatoms. The number of aryl methyl sites for hydroxylation is 1. The highest BCUT2D eigenvalue weighted by atomic mass is 35.5. The van der Waals surface area contributed by atoms with E-state index in [0.717, 1.165) is 69.3 Å². The first kappa shape index (κ1) is 25.7. The summed E-state index contributed by atoms with van der Waals surface area (Å²) in [4.78, 5) is 8.94. The Labute approximate surface area is 232 Å². The molecular formula is C32H37BClN3O. The van der Waals surface area contributed by atoms with Crippen molar-refractivity contribution in [1.82, 2.24) is 14.8 Å². The number of ether oxygens (including phenoxy) is 1. The summed E-state index contributed by atoms with van der Waals surface area (Å²) in [5.74, 6) is 0. The lowest BCUT2D eigenvalue weighted by Gasteiger charge is -2.43. The maximum atomic E-state index is 6.39. The molecule has 3 heterocycles. The van der Waals surface area contributed by atoms with Crippen LogP contribution in [0.5, 0.6) is 0 Å². The number of H-pyrrole nitrogens is 1. The van der Waals surface area contributed by atoms with E-state index in [1.807, 2.05) is 6.07 Å². The number of rotatable bonds is 7. The van der Waals surface area contributed by atoms with Gasteiger partial charge in [-0.15, -0.1) is 0 Å². The van der Waals surface area contributed by atoms with Crippen molar-refractivity contribution < 1.29 is 4.74 Å².